The van der Waals surface area contributed by atoms with Crippen molar-refractivity contribution in [2.45, 2.75) is 13.8 Å². The Morgan fingerprint density at radius 3 is 2.44 bits per heavy atom. The zero-order valence-corrected chi connectivity index (χ0v) is 16.9. The SMILES string of the molecule is C=C/C(=C\N(C)C)c1cccc(C(C)=N/C=C(\C(=C)C)c2cnn(C)c2)c1. The third kappa shape index (κ3) is 5.42. The van der Waals surface area contributed by atoms with Gasteiger partial charge in [0.25, 0.3) is 0 Å². The number of benzene rings is 1. The van der Waals surface area contributed by atoms with Crippen molar-refractivity contribution in [1.82, 2.24) is 14.7 Å². The summed E-state index contributed by atoms with van der Waals surface area (Å²) in [5.41, 5.74) is 7.15. The van der Waals surface area contributed by atoms with Crippen molar-refractivity contribution in [3.05, 3.63) is 90.6 Å². The first-order valence-electron chi connectivity index (χ1n) is 8.82. The van der Waals surface area contributed by atoms with Crippen LogP contribution in [-0.2, 0) is 7.05 Å². The van der Waals surface area contributed by atoms with E-state index in [-0.39, 0.29) is 0 Å². The molecule has 0 radical (unpaired) electrons. The first-order chi connectivity index (χ1) is 12.8. The molecule has 0 unspecified atom stereocenters. The summed E-state index contributed by atoms with van der Waals surface area (Å²) in [4.78, 5) is 6.70. The van der Waals surface area contributed by atoms with Gasteiger partial charge in [0.2, 0.25) is 0 Å². The van der Waals surface area contributed by atoms with Crippen LogP contribution in [0.15, 0.2) is 78.9 Å². The fourth-order valence-electron chi connectivity index (χ4n) is 2.67. The molecule has 0 aliphatic rings. The molecule has 2 rings (SSSR count). The Morgan fingerprint density at radius 2 is 1.89 bits per heavy atom. The summed E-state index contributed by atoms with van der Waals surface area (Å²) in [6.45, 7) is 12.0. The van der Waals surface area contributed by atoms with Crippen LogP contribution in [0.2, 0.25) is 0 Å². The molecule has 0 aliphatic carbocycles. The average molecular weight is 361 g/mol. The van der Waals surface area contributed by atoms with Gasteiger partial charge in [0.05, 0.1) is 6.20 Å². The van der Waals surface area contributed by atoms with E-state index in [1.54, 1.807) is 4.68 Å². The second kappa shape index (κ2) is 8.99. The van der Waals surface area contributed by atoms with Crippen LogP contribution in [-0.4, -0.2) is 34.5 Å². The highest BCUT2D eigenvalue weighted by atomic mass is 15.2. The van der Waals surface area contributed by atoms with E-state index in [1.165, 1.54) is 0 Å². The number of rotatable bonds is 7. The van der Waals surface area contributed by atoms with Gasteiger partial charge in [0, 0.05) is 56.6 Å². The molecule has 27 heavy (non-hydrogen) atoms. The zero-order valence-electron chi connectivity index (χ0n) is 16.9. The van der Waals surface area contributed by atoms with Gasteiger partial charge in [-0.15, -0.1) is 0 Å². The number of allylic oxidation sites excluding steroid dienone is 4. The van der Waals surface area contributed by atoms with Gasteiger partial charge in [-0.25, -0.2) is 0 Å². The Bertz CT molecular complexity index is 923. The van der Waals surface area contributed by atoms with Crippen molar-refractivity contribution >= 4 is 16.9 Å². The van der Waals surface area contributed by atoms with Crippen LogP contribution in [0, 0.1) is 0 Å². The number of aryl methyl sites for hydroxylation is 1. The maximum Gasteiger partial charge on any atom is 0.0568 e. The van der Waals surface area contributed by atoms with E-state index in [0.29, 0.717) is 0 Å². The first kappa shape index (κ1) is 20.2. The Kier molecular flexibility index (Phi) is 6.72. The second-order valence-electron chi connectivity index (χ2n) is 6.77. The molecular weight excluding hydrogens is 332 g/mol. The molecule has 0 atom stereocenters. The van der Waals surface area contributed by atoms with Gasteiger partial charge in [0.15, 0.2) is 0 Å². The lowest BCUT2D eigenvalue weighted by molar-refractivity contribution is 0.566. The number of aliphatic imine (C=N–C) groups is 1. The fourth-order valence-corrected chi connectivity index (χ4v) is 2.67. The Morgan fingerprint density at radius 1 is 1.19 bits per heavy atom. The monoisotopic (exact) mass is 360 g/mol. The molecule has 140 valence electrons. The minimum absolute atomic E-state index is 0.938. The van der Waals surface area contributed by atoms with Crippen molar-refractivity contribution in [1.29, 1.82) is 0 Å². The molecule has 0 saturated carbocycles. The summed E-state index contributed by atoms with van der Waals surface area (Å²) in [6.07, 6.45) is 9.58. The number of hydrogen-bond donors (Lipinski definition) is 0. The first-order valence-corrected chi connectivity index (χ1v) is 8.82. The number of nitrogens with zero attached hydrogens (tertiary/aromatic N) is 4. The van der Waals surface area contributed by atoms with E-state index in [4.69, 9.17) is 0 Å². The van der Waals surface area contributed by atoms with Crippen molar-refractivity contribution < 1.29 is 0 Å². The van der Waals surface area contributed by atoms with Crippen LogP contribution in [0.4, 0.5) is 0 Å². The third-order valence-corrected chi connectivity index (χ3v) is 4.09. The van der Waals surface area contributed by atoms with E-state index in [0.717, 1.165) is 39.1 Å². The van der Waals surface area contributed by atoms with E-state index in [2.05, 4.69) is 47.6 Å². The van der Waals surface area contributed by atoms with Crippen molar-refractivity contribution in [3.8, 4) is 0 Å². The van der Waals surface area contributed by atoms with Crippen LogP contribution in [0.3, 0.4) is 0 Å². The lowest BCUT2D eigenvalue weighted by Crippen LogP contribution is -2.02. The largest absolute Gasteiger partial charge is 0.383 e. The van der Waals surface area contributed by atoms with Gasteiger partial charge in [-0.05, 0) is 42.2 Å². The van der Waals surface area contributed by atoms with Crippen LogP contribution in [0.1, 0.15) is 30.5 Å². The summed E-state index contributed by atoms with van der Waals surface area (Å²) in [6, 6.07) is 8.32. The van der Waals surface area contributed by atoms with E-state index in [1.807, 2.05) is 70.6 Å². The molecular formula is C23H28N4. The number of hydrogen-bond acceptors (Lipinski definition) is 3. The predicted octanol–water partition coefficient (Wildman–Crippen LogP) is 4.93. The Labute approximate surface area is 162 Å². The van der Waals surface area contributed by atoms with Crippen molar-refractivity contribution in [3.63, 3.8) is 0 Å². The van der Waals surface area contributed by atoms with E-state index >= 15 is 0 Å². The lowest BCUT2D eigenvalue weighted by Gasteiger charge is -2.10. The predicted molar refractivity (Wildman–Crippen MR) is 117 cm³/mol. The fraction of sp³-hybridized carbons (Fsp3) is 0.217. The molecule has 0 amide bonds. The van der Waals surface area contributed by atoms with E-state index < -0.39 is 0 Å². The molecule has 1 aromatic heterocycles. The summed E-state index contributed by atoms with van der Waals surface area (Å²) in [7, 11) is 5.91. The molecule has 0 aliphatic heterocycles. The Balaban J connectivity index is 2.38. The quantitative estimate of drug-likeness (QED) is 0.518. The molecule has 0 spiro atoms. The second-order valence-corrected chi connectivity index (χ2v) is 6.77. The topological polar surface area (TPSA) is 33.4 Å². The van der Waals surface area contributed by atoms with Crippen molar-refractivity contribution in [2.75, 3.05) is 14.1 Å². The van der Waals surface area contributed by atoms with Gasteiger partial charge < -0.3 is 4.90 Å². The molecule has 0 bridgehead atoms. The van der Waals surface area contributed by atoms with Crippen LogP contribution < -0.4 is 0 Å². The van der Waals surface area contributed by atoms with Crippen LogP contribution >= 0.6 is 0 Å². The van der Waals surface area contributed by atoms with Crippen LogP contribution in [0.25, 0.3) is 11.1 Å². The molecule has 0 N–H and O–H groups in total. The van der Waals surface area contributed by atoms with Gasteiger partial charge in [-0.2, -0.15) is 5.10 Å². The summed E-state index contributed by atoms with van der Waals surface area (Å²) >= 11 is 0. The molecule has 4 heteroatoms. The van der Waals surface area contributed by atoms with Gasteiger partial charge in [-0.3, -0.25) is 9.67 Å². The van der Waals surface area contributed by atoms with Crippen molar-refractivity contribution in [2.24, 2.45) is 12.0 Å². The minimum atomic E-state index is 0.938. The molecule has 1 heterocycles. The van der Waals surface area contributed by atoms with Gasteiger partial charge >= 0.3 is 0 Å². The van der Waals surface area contributed by atoms with Gasteiger partial charge in [-0.1, -0.05) is 37.4 Å². The average Bonchev–Trinajstić information content (AvgIpc) is 3.05. The van der Waals surface area contributed by atoms with E-state index in [9.17, 15) is 0 Å². The smallest absolute Gasteiger partial charge is 0.0568 e. The maximum absolute atomic E-state index is 4.69. The summed E-state index contributed by atoms with van der Waals surface area (Å²) in [5, 5.41) is 4.24. The normalized spacial score (nSPS) is 12.9. The highest BCUT2D eigenvalue weighted by molar-refractivity contribution is 6.00. The van der Waals surface area contributed by atoms with Gasteiger partial charge in [0.1, 0.15) is 0 Å². The Hall–Kier alpha value is -3.14. The highest BCUT2D eigenvalue weighted by Gasteiger charge is 2.06. The maximum atomic E-state index is 4.69. The zero-order chi connectivity index (χ0) is 20.0. The summed E-state index contributed by atoms with van der Waals surface area (Å²) in [5.74, 6) is 0. The molecule has 4 nitrogen and oxygen atoms in total. The minimum Gasteiger partial charge on any atom is -0.383 e. The third-order valence-electron chi connectivity index (χ3n) is 4.09. The molecule has 1 aromatic carbocycles. The number of aromatic nitrogens is 2. The molecule has 2 aromatic rings. The highest BCUT2D eigenvalue weighted by Crippen LogP contribution is 2.22. The molecule has 0 saturated heterocycles. The molecule has 0 fully saturated rings. The lowest BCUT2D eigenvalue weighted by atomic mass is 10.0. The standard InChI is InChI=1S/C23H28N4/c1-8-19(15-26(5)6)21-11-9-10-20(12-21)18(4)24-14-23(17(2)3)22-13-25-27(7)16-22/h8-16H,1-2H2,3-7H3/b19-15+,23-14+,24-18?. The van der Waals surface area contributed by atoms with Crippen LogP contribution in [0.5, 0.6) is 0 Å². The summed E-state index contributed by atoms with van der Waals surface area (Å²) < 4.78 is 1.78.